The van der Waals surface area contributed by atoms with Gasteiger partial charge in [0.05, 0.1) is 12.1 Å². The molecule has 7 nitrogen and oxygen atoms in total. The van der Waals surface area contributed by atoms with E-state index in [1.807, 2.05) is 24.3 Å². The molecule has 0 aliphatic rings. The minimum atomic E-state index is -0.307. The molecule has 3 rings (SSSR count). The standard InChI is InChI=1S/C20H20N4O3/c1-13(25)22-14-7-9-15(10-8-14)23-19(26)12-24(2)20(27)17-11-21-18-6-4-3-5-16(17)18/h3-11,21H,12H2,1-2H3,(H,22,25)(H,23,26). The van der Waals surface area contributed by atoms with Gasteiger partial charge >= 0.3 is 0 Å². The van der Waals surface area contributed by atoms with Crippen molar-refractivity contribution in [1.29, 1.82) is 0 Å². The number of anilines is 2. The molecule has 2 aromatic carbocycles. The van der Waals surface area contributed by atoms with Crippen LogP contribution in [0.3, 0.4) is 0 Å². The largest absolute Gasteiger partial charge is 0.360 e. The Kier molecular flexibility index (Phi) is 5.21. The fourth-order valence-corrected chi connectivity index (χ4v) is 2.78. The summed E-state index contributed by atoms with van der Waals surface area (Å²) in [4.78, 5) is 40.3. The summed E-state index contributed by atoms with van der Waals surface area (Å²) in [7, 11) is 1.59. The molecule has 0 fully saturated rings. The van der Waals surface area contributed by atoms with Crippen LogP contribution < -0.4 is 10.6 Å². The van der Waals surface area contributed by atoms with Gasteiger partial charge in [-0.05, 0) is 30.3 Å². The van der Waals surface area contributed by atoms with Crippen molar-refractivity contribution in [3.05, 3.63) is 60.3 Å². The van der Waals surface area contributed by atoms with E-state index in [1.54, 1.807) is 37.5 Å². The van der Waals surface area contributed by atoms with Gasteiger partial charge in [-0.3, -0.25) is 14.4 Å². The van der Waals surface area contributed by atoms with Crippen molar-refractivity contribution in [2.75, 3.05) is 24.2 Å². The average Bonchev–Trinajstić information content (AvgIpc) is 3.06. The SMILES string of the molecule is CC(=O)Nc1ccc(NC(=O)CN(C)C(=O)c2c[nH]c3ccccc23)cc1. The Labute approximate surface area is 156 Å². The van der Waals surface area contributed by atoms with Gasteiger partial charge in [-0.15, -0.1) is 0 Å². The molecule has 0 bridgehead atoms. The highest BCUT2D eigenvalue weighted by atomic mass is 16.2. The Balaban J connectivity index is 1.61. The third-order valence-electron chi connectivity index (χ3n) is 4.04. The van der Waals surface area contributed by atoms with Gasteiger partial charge in [0.2, 0.25) is 11.8 Å². The Morgan fingerprint density at radius 2 is 1.59 bits per heavy atom. The summed E-state index contributed by atoms with van der Waals surface area (Å²) in [5.41, 5.74) is 2.63. The third kappa shape index (κ3) is 4.33. The average molecular weight is 364 g/mol. The monoisotopic (exact) mass is 364 g/mol. The summed E-state index contributed by atoms with van der Waals surface area (Å²) in [5.74, 6) is -0.703. The quantitative estimate of drug-likeness (QED) is 0.650. The molecule has 3 aromatic rings. The lowest BCUT2D eigenvalue weighted by Crippen LogP contribution is -2.34. The van der Waals surface area contributed by atoms with E-state index in [9.17, 15) is 14.4 Å². The zero-order chi connectivity index (χ0) is 19.4. The first kappa shape index (κ1) is 18.2. The van der Waals surface area contributed by atoms with E-state index < -0.39 is 0 Å². The van der Waals surface area contributed by atoms with Crippen LogP contribution >= 0.6 is 0 Å². The summed E-state index contributed by atoms with van der Waals surface area (Å²) in [5, 5.41) is 6.22. The molecule has 3 amide bonds. The van der Waals surface area contributed by atoms with Gasteiger partial charge in [0, 0.05) is 42.4 Å². The van der Waals surface area contributed by atoms with Gasteiger partial charge < -0.3 is 20.5 Å². The highest BCUT2D eigenvalue weighted by Gasteiger charge is 2.18. The van der Waals surface area contributed by atoms with E-state index >= 15 is 0 Å². The van der Waals surface area contributed by atoms with Gasteiger partial charge in [0.15, 0.2) is 0 Å². The minimum absolute atomic E-state index is 0.0776. The van der Waals surface area contributed by atoms with Crippen LogP contribution in [-0.4, -0.2) is 41.2 Å². The van der Waals surface area contributed by atoms with Crippen LogP contribution in [-0.2, 0) is 9.59 Å². The molecule has 138 valence electrons. The number of H-pyrrole nitrogens is 1. The van der Waals surface area contributed by atoms with Gasteiger partial charge in [-0.1, -0.05) is 18.2 Å². The molecule has 27 heavy (non-hydrogen) atoms. The predicted octanol–water partition coefficient (Wildman–Crippen LogP) is 2.84. The highest BCUT2D eigenvalue weighted by molar-refractivity contribution is 6.08. The lowest BCUT2D eigenvalue weighted by molar-refractivity contribution is -0.116. The van der Waals surface area contributed by atoms with E-state index in [-0.39, 0.29) is 24.3 Å². The number of hydrogen-bond donors (Lipinski definition) is 3. The summed E-state index contributed by atoms with van der Waals surface area (Å²) >= 11 is 0. The molecular formula is C20H20N4O3. The normalized spacial score (nSPS) is 10.4. The molecule has 0 radical (unpaired) electrons. The lowest BCUT2D eigenvalue weighted by Gasteiger charge is -2.16. The first-order chi connectivity index (χ1) is 12.9. The number of likely N-dealkylation sites (N-methyl/N-ethyl adjacent to an activating group) is 1. The van der Waals surface area contributed by atoms with Gasteiger partial charge in [-0.25, -0.2) is 0 Å². The second kappa shape index (κ2) is 7.74. The van der Waals surface area contributed by atoms with Crippen LogP contribution in [0.25, 0.3) is 10.9 Å². The number of carbonyl (C=O) groups is 3. The topological polar surface area (TPSA) is 94.3 Å². The number of amides is 3. The smallest absolute Gasteiger partial charge is 0.256 e. The Hall–Kier alpha value is -3.61. The van der Waals surface area contributed by atoms with Crippen molar-refractivity contribution in [3.8, 4) is 0 Å². The van der Waals surface area contributed by atoms with E-state index in [0.29, 0.717) is 16.9 Å². The lowest BCUT2D eigenvalue weighted by atomic mass is 10.1. The van der Waals surface area contributed by atoms with Crippen molar-refractivity contribution in [2.24, 2.45) is 0 Å². The molecule has 1 aromatic heterocycles. The summed E-state index contributed by atoms with van der Waals surface area (Å²) in [6.45, 7) is 1.35. The molecule has 7 heteroatoms. The zero-order valence-electron chi connectivity index (χ0n) is 15.1. The molecule has 0 aliphatic heterocycles. The molecular weight excluding hydrogens is 344 g/mol. The fraction of sp³-hybridized carbons (Fsp3) is 0.150. The fourth-order valence-electron chi connectivity index (χ4n) is 2.78. The van der Waals surface area contributed by atoms with Crippen molar-refractivity contribution in [3.63, 3.8) is 0 Å². The van der Waals surface area contributed by atoms with Gasteiger partial charge in [-0.2, -0.15) is 0 Å². The second-order valence-electron chi connectivity index (χ2n) is 6.22. The number of benzene rings is 2. The van der Waals surface area contributed by atoms with E-state index in [4.69, 9.17) is 0 Å². The number of aromatic amines is 1. The van der Waals surface area contributed by atoms with Crippen LogP contribution in [0.15, 0.2) is 54.7 Å². The Bertz CT molecular complexity index is 992. The first-order valence-electron chi connectivity index (χ1n) is 8.43. The molecule has 0 spiro atoms. The number of fused-ring (bicyclic) bond motifs is 1. The van der Waals surface area contributed by atoms with Crippen molar-refractivity contribution >= 4 is 40.0 Å². The maximum absolute atomic E-state index is 12.6. The van der Waals surface area contributed by atoms with E-state index in [0.717, 1.165) is 10.9 Å². The predicted molar refractivity (Wildman–Crippen MR) is 105 cm³/mol. The highest BCUT2D eigenvalue weighted by Crippen LogP contribution is 2.19. The van der Waals surface area contributed by atoms with Gasteiger partial charge in [0.25, 0.3) is 5.91 Å². The maximum Gasteiger partial charge on any atom is 0.256 e. The number of rotatable bonds is 5. The number of nitrogens with one attached hydrogen (secondary N) is 3. The molecule has 0 aliphatic carbocycles. The zero-order valence-corrected chi connectivity index (χ0v) is 15.1. The third-order valence-corrected chi connectivity index (χ3v) is 4.04. The number of carbonyl (C=O) groups excluding carboxylic acids is 3. The number of aromatic nitrogens is 1. The molecule has 3 N–H and O–H groups in total. The molecule has 0 unspecified atom stereocenters. The molecule has 0 atom stereocenters. The summed E-state index contributed by atoms with van der Waals surface area (Å²) < 4.78 is 0. The molecule has 1 heterocycles. The van der Waals surface area contributed by atoms with Crippen LogP contribution in [0, 0.1) is 0 Å². The number of para-hydroxylation sites is 1. The number of nitrogens with zero attached hydrogens (tertiary/aromatic N) is 1. The van der Waals surface area contributed by atoms with Crippen LogP contribution in [0.4, 0.5) is 11.4 Å². The van der Waals surface area contributed by atoms with Crippen LogP contribution in [0.2, 0.25) is 0 Å². The minimum Gasteiger partial charge on any atom is -0.360 e. The van der Waals surface area contributed by atoms with Gasteiger partial charge in [0.1, 0.15) is 0 Å². The first-order valence-corrected chi connectivity index (χ1v) is 8.43. The van der Waals surface area contributed by atoms with Crippen LogP contribution in [0.5, 0.6) is 0 Å². The van der Waals surface area contributed by atoms with Crippen molar-refractivity contribution in [2.45, 2.75) is 6.92 Å². The molecule has 0 saturated carbocycles. The summed E-state index contributed by atoms with van der Waals surface area (Å²) in [6, 6.07) is 14.3. The van der Waals surface area contributed by atoms with E-state index in [1.165, 1.54) is 11.8 Å². The van der Waals surface area contributed by atoms with Crippen molar-refractivity contribution < 1.29 is 14.4 Å². The summed E-state index contributed by atoms with van der Waals surface area (Å²) in [6.07, 6.45) is 1.65. The molecule has 0 saturated heterocycles. The van der Waals surface area contributed by atoms with Crippen molar-refractivity contribution in [1.82, 2.24) is 9.88 Å². The van der Waals surface area contributed by atoms with Crippen LogP contribution in [0.1, 0.15) is 17.3 Å². The Morgan fingerprint density at radius 3 is 2.26 bits per heavy atom. The Morgan fingerprint density at radius 1 is 0.963 bits per heavy atom. The van der Waals surface area contributed by atoms with E-state index in [2.05, 4.69) is 15.6 Å². The maximum atomic E-state index is 12.6. The second-order valence-corrected chi connectivity index (χ2v) is 6.22. The number of hydrogen-bond acceptors (Lipinski definition) is 3.